The highest BCUT2D eigenvalue weighted by Crippen LogP contribution is 2.01. The van der Waals surface area contributed by atoms with Gasteiger partial charge >= 0.3 is 0 Å². The van der Waals surface area contributed by atoms with E-state index in [1.54, 1.807) is 0 Å². The van der Waals surface area contributed by atoms with E-state index in [1.807, 2.05) is 0 Å². The summed E-state index contributed by atoms with van der Waals surface area (Å²) in [5.41, 5.74) is 0. The number of hydrogen-bond acceptors (Lipinski definition) is 1. The fourth-order valence-corrected chi connectivity index (χ4v) is 1.10. The molecule has 1 nitrogen and oxygen atoms in total. The van der Waals surface area contributed by atoms with Crippen LogP contribution in [-0.4, -0.2) is 19.6 Å². The van der Waals surface area contributed by atoms with Gasteiger partial charge in [0.15, 0.2) is 0 Å². The first kappa shape index (κ1) is 5.10. The normalized spacial score (nSPS) is 23.6. The van der Waals surface area contributed by atoms with Gasteiger partial charge in [-0.3, -0.25) is 0 Å². The molecule has 0 amide bonds. The van der Waals surface area contributed by atoms with Gasteiger partial charge in [-0.05, 0) is 6.92 Å². The van der Waals surface area contributed by atoms with Gasteiger partial charge in [0.25, 0.3) is 0 Å². The molecule has 1 fully saturated rings. The van der Waals surface area contributed by atoms with Gasteiger partial charge in [-0.25, -0.2) is 0 Å². The Morgan fingerprint density at radius 3 is 2.14 bits per heavy atom. The first-order chi connectivity index (χ1) is 3.43. The number of hydrogen-bond donors (Lipinski definition) is 0. The molecule has 0 atom stereocenters. The van der Waals surface area contributed by atoms with Crippen LogP contribution in [0.25, 0.3) is 0 Å². The zero-order valence-corrected chi connectivity index (χ0v) is 4.98. The molecule has 0 unspecified atom stereocenters. The molecule has 1 heteroatoms. The summed E-state index contributed by atoms with van der Waals surface area (Å²) in [7, 11) is 0. The molecule has 0 spiro atoms. The molecular formula is C6H13N+. The average molecular weight is 99.2 g/mol. The lowest BCUT2D eigenvalue weighted by Crippen LogP contribution is -2.24. The second kappa shape index (κ2) is 2.31. The molecule has 1 aliphatic heterocycles. The van der Waals surface area contributed by atoms with Crippen LogP contribution >= 0.6 is 0 Å². The molecule has 1 heterocycles. The van der Waals surface area contributed by atoms with E-state index in [1.165, 1.54) is 32.5 Å². The molecule has 0 aromatic rings. The monoisotopic (exact) mass is 99.1 g/mol. The maximum Gasteiger partial charge on any atom is 0.123 e. The molecule has 0 bridgehead atoms. The highest BCUT2D eigenvalue weighted by molar-refractivity contribution is 4.68. The fraction of sp³-hybridized carbons (Fsp3) is 1.00. The maximum absolute atomic E-state index is 2.49. The molecule has 0 saturated carbocycles. The van der Waals surface area contributed by atoms with Crippen LogP contribution in [0.15, 0.2) is 0 Å². The largest absolute Gasteiger partial charge is 0.170 e. The predicted octanol–water partition coefficient (Wildman–Crippen LogP) is 0.940. The fourth-order valence-electron chi connectivity index (χ4n) is 1.10. The molecule has 1 aliphatic rings. The number of nitrogens with zero attached hydrogens (tertiary/aromatic N) is 1. The van der Waals surface area contributed by atoms with Gasteiger partial charge in [0, 0.05) is 12.8 Å². The minimum absolute atomic E-state index is 1.25. The van der Waals surface area contributed by atoms with Gasteiger partial charge in [-0.1, -0.05) is 0 Å². The Balaban J connectivity index is 2.14. The first-order valence-electron chi connectivity index (χ1n) is 3.16. The van der Waals surface area contributed by atoms with Crippen LogP contribution < -0.4 is 4.90 Å². The topological polar surface area (TPSA) is 5.90 Å². The van der Waals surface area contributed by atoms with Gasteiger partial charge < -0.3 is 0 Å². The van der Waals surface area contributed by atoms with Crippen LogP contribution in [-0.2, 0) is 0 Å². The minimum Gasteiger partial charge on any atom is -0.170 e. The lowest BCUT2D eigenvalue weighted by molar-refractivity contribution is 0.512. The van der Waals surface area contributed by atoms with Crippen molar-refractivity contribution >= 4 is 0 Å². The molecule has 0 N–H and O–H groups in total. The zero-order valence-electron chi connectivity index (χ0n) is 4.98. The number of rotatable bonds is 1. The highest BCUT2D eigenvalue weighted by atomic mass is 15.1. The maximum atomic E-state index is 2.49. The quantitative estimate of drug-likeness (QED) is 0.431. The van der Waals surface area contributed by atoms with Crippen molar-refractivity contribution in [2.75, 3.05) is 19.6 Å². The van der Waals surface area contributed by atoms with Gasteiger partial charge in [-0.15, -0.1) is 0 Å². The van der Waals surface area contributed by atoms with Crippen LogP contribution in [0.3, 0.4) is 0 Å². The van der Waals surface area contributed by atoms with Crippen molar-refractivity contribution in [3.8, 4) is 0 Å². The van der Waals surface area contributed by atoms with E-state index in [-0.39, 0.29) is 0 Å². The second-order valence-corrected chi connectivity index (χ2v) is 2.14. The van der Waals surface area contributed by atoms with Gasteiger partial charge in [0.2, 0.25) is 0 Å². The van der Waals surface area contributed by atoms with Crippen LogP contribution in [0.1, 0.15) is 19.8 Å². The predicted molar refractivity (Wildman–Crippen MR) is 31.6 cm³/mol. The smallest absolute Gasteiger partial charge is 0.123 e. The molecule has 7 heavy (non-hydrogen) atoms. The van der Waals surface area contributed by atoms with Crippen LogP contribution in [0.5, 0.6) is 0 Å². The Labute approximate surface area is 45.3 Å². The van der Waals surface area contributed by atoms with Crippen molar-refractivity contribution in [1.82, 2.24) is 4.90 Å². The summed E-state index contributed by atoms with van der Waals surface area (Å²) in [5.74, 6) is 0. The third-order valence-corrected chi connectivity index (χ3v) is 1.65. The van der Waals surface area contributed by atoms with Crippen molar-refractivity contribution in [2.45, 2.75) is 19.8 Å². The van der Waals surface area contributed by atoms with E-state index in [2.05, 4.69) is 11.8 Å². The Kier molecular flexibility index (Phi) is 1.69. The van der Waals surface area contributed by atoms with Gasteiger partial charge in [0.1, 0.15) is 19.6 Å². The summed E-state index contributed by atoms with van der Waals surface area (Å²) in [6, 6.07) is 0. The first-order valence-corrected chi connectivity index (χ1v) is 3.16. The summed E-state index contributed by atoms with van der Waals surface area (Å²) in [6.45, 7) is 6.16. The molecular weight excluding hydrogens is 86.1 g/mol. The molecule has 1 radical (unpaired) electrons. The molecule has 0 aromatic heterocycles. The summed E-state index contributed by atoms with van der Waals surface area (Å²) in [4.78, 5) is 2.49. The summed E-state index contributed by atoms with van der Waals surface area (Å²) >= 11 is 0. The van der Waals surface area contributed by atoms with Gasteiger partial charge in [0.05, 0.1) is 0 Å². The van der Waals surface area contributed by atoms with Crippen molar-refractivity contribution in [3.63, 3.8) is 0 Å². The highest BCUT2D eigenvalue weighted by Gasteiger charge is 2.17. The van der Waals surface area contributed by atoms with Crippen LogP contribution in [0.4, 0.5) is 0 Å². The minimum atomic E-state index is 1.25. The second-order valence-electron chi connectivity index (χ2n) is 2.14. The van der Waals surface area contributed by atoms with Crippen molar-refractivity contribution in [1.29, 1.82) is 0 Å². The van der Waals surface area contributed by atoms with Crippen molar-refractivity contribution in [2.24, 2.45) is 0 Å². The number of likely N-dealkylation sites (tertiary alicyclic amines) is 1. The average Bonchev–Trinajstić information content (AvgIpc) is 2.14. The third-order valence-electron chi connectivity index (χ3n) is 1.65. The SMILES string of the molecule is CC[N+]1CCCC1. The van der Waals surface area contributed by atoms with E-state index in [9.17, 15) is 0 Å². The standard InChI is InChI=1S/C6H13N/c1-2-7-5-3-4-6-7/h2-6H2,1H3/q+1. The molecule has 0 aliphatic carbocycles. The zero-order chi connectivity index (χ0) is 5.11. The Hall–Kier alpha value is -0.0400. The van der Waals surface area contributed by atoms with E-state index >= 15 is 0 Å². The third kappa shape index (κ3) is 1.16. The molecule has 41 valence electrons. The van der Waals surface area contributed by atoms with Crippen molar-refractivity contribution in [3.05, 3.63) is 0 Å². The van der Waals surface area contributed by atoms with Gasteiger partial charge in [-0.2, -0.15) is 4.90 Å². The molecule has 1 rings (SSSR count). The Bertz CT molecular complexity index is 46.1. The van der Waals surface area contributed by atoms with E-state index in [0.29, 0.717) is 0 Å². The molecule has 0 aromatic carbocycles. The summed E-state index contributed by atoms with van der Waals surface area (Å²) in [6.07, 6.45) is 2.85. The summed E-state index contributed by atoms with van der Waals surface area (Å²) < 4.78 is 0. The lowest BCUT2D eigenvalue weighted by atomic mass is 10.4. The van der Waals surface area contributed by atoms with Crippen molar-refractivity contribution < 1.29 is 0 Å². The Morgan fingerprint density at radius 2 is 1.86 bits per heavy atom. The summed E-state index contributed by atoms with van der Waals surface area (Å²) in [5, 5.41) is 0. The van der Waals surface area contributed by atoms with Crippen LogP contribution in [0, 0.1) is 0 Å². The lowest BCUT2D eigenvalue weighted by Gasteiger charge is -1.96. The van der Waals surface area contributed by atoms with E-state index in [0.717, 1.165) is 0 Å². The van der Waals surface area contributed by atoms with E-state index in [4.69, 9.17) is 0 Å². The Morgan fingerprint density at radius 1 is 1.29 bits per heavy atom. The van der Waals surface area contributed by atoms with Crippen LogP contribution in [0.2, 0.25) is 0 Å². The van der Waals surface area contributed by atoms with E-state index < -0.39 is 0 Å². The molecule has 1 saturated heterocycles.